The van der Waals surface area contributed by atoms with Crippen molar-refractivity contribution in [2.24, 2.45) is 0 Å². The van der Waals surface area contributed by atoms with Gasteiger partial charge in [-0.2, -0.15) is 4.98 Å². The zero-order valence-electron chi connectivity index (χ0n) is 16.6. The summed E-state index contributed by atoms with van der Waals surface area (Å²) in [5.74, 6) is 0.739. The molecule has 0 amide bonds. The van der Waals surface area contributed by atoms with Crippen LogP contribution in [-0.2, 0) is 0 Å². The van der Waals surface area contributed by atoms with Crippen LogP contribution >= 0.6 is 0 Å². The maximum Gasteiger partial charge on any atom is 0.243 e. The van der Waals surface area contributed by atoms with E-state index >= 15 is 0 Å². The van der Waals surface area contributed by atoms with Gasteiger partial charge < -0.3 is 4.52 Å². The van der Waals surface area contributed by atoms with Crippen molar-refractivity contribution in [3.63, 3.8) is 0 Å². The molecule has 1 aliphatic heterocycles. The number of piperazine rings is 1. The Bertz CT molecular complexity index is 889. The molecule has 29 heavy (non-hydrogen) atoms. The van der Waals surface area contributed by atoms with E-state index < -0.39 is 0 Å². The second-order valence-electron chi connectivity index (χ2n) is 7.43. The van der Waals surface area contributed by atoms with Crippen molar-refractivity contribution in [3.05, 3.63) is 83.0 Å². The van der Waals surface area contributed by atoms with Gasteiger partial charge in [-0.15, -0.1) is 0 Å². The fraction of sp³-hybridized carbons (Fsp3) is 0.364. The van der Waals surface area contributed by atoms with Crippen LogP contribution in [0.15, 0.2) is 53.1 Å². The average Bonchev–Trinajstić information content (AvgIpc) is 3.17. The summed E-state index contributed by atoms with van der Waals surface area (Å²) in [7, 11) is 0. The van der Waals surface area contributed by atoms with Crippen molar-refractivity contribution in [2.45, 2.75) is 25.9 Å². The Kier molecular flexibility index (Phi) is 5.69. The summed E-state index contributed by atoms with van der Waals surface area (Å²) in [6.45, 7) is 7.18. The minimum Gasteiger partial charge on any atom is -0.338 e. The van der Waals surface area contributed by atoms with Gasteiger partial charge in [-0.1, -0.05) is 29.4 Å². The first-order valence-electron chi connectivity index (χ1n) is 9.80. The van der Waals surface area contributed by atoms with Gasteiger partial charge in [0.05, 0.1) is 12.1 Å². The molecule has 0 radical (unpaired) electrons. The summed E-state index contributed by atoms with van der Waals surface area (Å²) in [6.07, 6.45) is 0. The third kappa shape index (κ3) is 4.36. The highest BCUT2D eigenvalue weighted by Crippen LogP contribution is 2.31. The third-order valence-corrected chi connectivity index (χ3v) is 5.53. The minimum absolute atomic E-state index is 0.0495. The zero-order chi connectivity index (χ0) is 20.4. The molecule has 1 aromatic heterocycles. The van der Waals surface area contributed by atoms with Gasteiger partial charge in [0, 0.05) is 26.2 Å². The average molecular weight is 398 g/mol. The molecule has 1 fully saturated rings. The van der Waals surface area contributed by atoms with Crippen LogP contribution in [0.25, 0.3) is 0 Å². The summed E-state index contributed by atoms with van der Waals surface area (Å²) in [6, 6.07) is 13.1. The maximum absolute atomic E-state index is 13.5. The highest BCUT2D eigenvalue weighted by molar-refractivity contribution is 5.32. The van der Waals surface area contributed by atoms with E-state index in [9.17, 15) is 8.78 Å². The number of hydrogen-bond acceptors (Lipinski definition) is 5. The summed E-state index contributed by atoms with van der Waals surface area (Å²) in [5.41, 5.74) is 1.99. The Hall–Kier alpha value is -2.64. The number of aryl methyl sites for hydroxylation is 1. The van der Waals surface area contributed by atoms with Crippen LogP contribution in [0.1, 0.15) is 41.8 Å². The fourth-order valence-corrected chi connectivity index (χ4v) is 3.93. The molecule has 3 aromatic rings. The van der Waals surface area contributed by atoms with Crippen LogP contribution in [0.5, 0.6) is 0 Å². The van der Waals surface area contributed by atoms with Crippen LogP contribution in [0.4, 0.5) is 8.78 Å². The summed E-state index contributed by atoms with van der Waals surface area (Å²) < 4.78 is 32.2. The molecule has 0 bridgehead atoms. The molecule has 4 rings (SSSR count). The van der Waals surface area contributed by atoms with Crippen LogP contribution in [-0.4, -0.2) is 46.1 Å². The van der Waals surface area contributed by atoms with Crippen LogP contribution in [0.2, 0.25) is 0 Å². The molecule has 0 N–H and O–H groups in total. The van der Waals surface area contributed by atoms with E-state index in [0.717, 1.165) is 37.3 Å². The molecule has 5 nitrogen and oxygen atoms in total. The number of halogens is 2. The van der Waals surface area contributed by atoms with Gasteiger partial charge in [0.25, 0.3) is 0 Å². The number of nitrogens with zero attached hydrogens (tertiary/aromatic N) is 4. The number of rotatable bonds is 5. The predicted octanol–water partition coefficient (Wildman–Crippen LogP) is 4.12. The maximum atomic E-state index is 13.5. The number of aromatic nitrogens is 2. The molecule has 1 saturated heterocycles. The van der Waals surface area contributed by atoms with E-state index in [1.54, 1.807) is 24.3 Å². The van der Waals surface area contributed by atoms with Gasteiger partial charge in [-0.05, 0) is 49.2 Å². The van der Waals surface area contributed by atoms with Gasteiger partial charge in [0.15, 0.2) is 5.82 Å². The van der Waals surface area contributed by atoms with Gasteiger partial charge in [-0.3, -0.25) is 9.80 Å². The van der Waals surface area contributed by atoms with E-state index in [1.807, 2.05) is 6.92 Å². The smallest absolute Gasteiger partial charge is 0.243 e. The lowest BCUT2D eigenvalue weighted by molar-refractivity contribution is 0.0726. The van der Waals surface area contributed by atoms with Crippen LogP contribution in [0, 0.1) is 18.6 Å². The van der Waals surface area contributed by atoms with Crippen molar-refractivity contribution in [1.29, 1.82) is 0 Å². The molecule has 0 saturated carbocycles. The van der Waals surface area contributed by atoms with Gasteiger partial charge >= 0.3 is 0 Å². The Morgan fingerprint density at radius 2 is 1.31 bits per heavy atom. The molecule has 1 aliphatic rings. The first kappa shape index (κ1) is 19.7. The number of hydrogen-bond donors (Lipinski definition) is 0. The van der Waals surface area contributed by atoms with Crippen molar-refractivity contribution in [3.8, 4) is 0 Å². The molecule has 0 aliphatic carbocycles. The molecule has 1 unspecified atom stereocenters. The molecule has 2 heterocycles. The Balaban J connectivity index is 1.53. The molecular formula is C22H24F2N4O. The Morgan fingerprint density at radius 3 is 1.76 bits per heavy atom. The van der Waals surface area contributed by atoms with E-state index in [1.165, 1.54) is 24.3 Å². The second kappa shape index (κ2) is 8.39. The van der Waals surface area contributed by atoms with Crippen LogP contribution in [0.3, 0.4) is 0 Å². The lowest BCUT2D eigenvalue weighted by Gasteiger charge is -2.41. The van der Waals surface area contributed by atoms with Gasteiger partial charge in [0.2, 0.25) is 5.89 Å². The van der Waals surface area contributed by atoms with Crippen molar-refractivity contribution >= 4 is 0 Å². The van der Waals surface area contributed by atoms with Crippen molar-refractivity contribution < 1.29 is 13.3 Å². The van der Waals surface area contributed by atoms with Crippen LogP contribution < -0.4 is 0 Å². The first-order chi connectivity index (χ1) is 14.0. The summed E-state index contributed by atoms with van der Waals surface area (Å²) in [4.78, 5) is 9.01. The molecule has 2 aromatic carbocycles. The van der Waals surface area contributed by atoms with Gasteiger partial charge in [-0.25, -0.2) is 8.78 Å². The van der Waals surface area contributed by atoms with Gasteiger partial charge in [0.1, 0.15) is 11.6 Å². The quantitative estimate of drug-likeness (QED) is 0.647. The van der Waals surface area contributed by atoms with E-state index in [-0.39, 0.29) is 23.7 Å². The zero-order valence-corrected chi connectivity index (χ0v) is 16.6. The lowest BCUT2D eigenvalue weighted by Crippen LogP contribution is -2.48. The van der Waals surface area contributed by atoms with Crippen molar-refractivity contribution in [1.82, 2.24) is 19.9 Å². The topological polar surface area (TPSA) is 45.4 Å². The minimum atomic E-state index is -0.264. The summed E-state index contributed by atoms with van der Waals surface area (Å²) >= 11 is 0. The third-order valence-electron chi connectivity index (χ3n) is 5.53. The Morgan fingerprint density at radius 1 is 0.828 bits per heavy atom. The van der Waals surface area contributed by atoms with E-state index in [2.05, 4.69) is 26.9 Å². The fourth-order valence-electron chi connectivity index (χ4n) is 3.93. The van der Waals surface area contributed by atoms with E-state index in [4.69, 9.17) is 4.52 Å². The summed E-state index contributed by atoms with van der Waals surface area (Å²) in [5, 5.41) is 3.88. The SMILES string of the molecule is Cc1noc(C(C)N2CCN(C(c3ccc(F)cc3)c3ccc(F)cc3)CC2)n1. The lowest BCUT2D eigenvalue weighted by atomic mass is 9.96. The second-order valence-corrected chi connectivity index (χ2v) is 7.43. The Labute approximate surface area is 168 Å². The predicted molar refractivity (Wildman–Crippen MR) is 105 cm³/mol. The first-order valence-corrected chi connectivity index (χ1v) is 9.80. The molecular weight excluding hydrogens is 374 g/mol. The molecule has 1 atom stereocenters. The standard InChI is InChI=1S/C22H24F2N4O/c1-15(22-25-16(2)26-29-22)27-11-13-28(14-12-27)21(17-3-7-19(23)8-4-17)18-5-9-20(24)10-6-18/h3-10,15,21H,11-14H2,1-2H3. The molecule has 7 heteroatoms. The molecule has 0 spiro atoms. The van der Waals surface area contributed by atoms with Crippen molar-refractivity contribution in [2.75, 3.05) is 26.2 Å². The normalized spacial score (nSPS) is 17.0. The highest BCUT2D eigenvalue weighted by Gasteiger charge is 2.30. The molecule has 152 valence electrons. The largest absolute Gasteiger partial charge is 0.338 e. The van der Waals surface area contributed by atoms with E-state index in [0.29, 0.717) is 11.7 Å². The monoisotopic (exact) mass is 398 g/mol. The highest BCUT2D eigenvalue weighted by atomic mass is 19.1. The number of benzene rings is 2.